The van der Waals surface area contributed by atoms with E-state index in [1.807, 2.05) is 91.0 Å². The van der Waals surface area contributed by atoms with E-state index >= 15 is 0 Å². The van der Waals surface area contributed by atoms with Crippen LogP contribution < -0.4 is 25.9 Å². The first-order valence-corrected chi connectivity index (χ1v) is 21.0. The maximum Gasteiger partial charge on any atom is 0.338 e. The van der Waals surface area contributed by atoms with Gasteiger partial charge in [0, 0.05) is 0 Å². The summed E-state index contributed by atoms with van der Waals surface area (Å²) < 4.78 is 35.0. The minimum atomic E-state index is -2.44. The summed E-state index contributed by atoms with van der Waals surface area (Å²) in [7, 11) is -12.2. The van der Waals surface area contributed by atoms with Crippen LogP contribution in [0, 0.1) is 0 Å². The normalized spacial score (nSPS) is 23.8. The predicted octanol–water partition coefficient (Wildman–Crippen LogP) is 0.721. The van der Waals surface area contributed by atoms with Gasteiger partial charge in [0.25, 0.3) is 0 Å². The summed E-state index contributed by atoms with van der Waals surface area (Å²) >= 11 is 0. The van der Waals surface area contributed by atoms with Crippen LogP contribution in [0.5, 0.6) is 0 Å². The van der Waals surface area contributed by atoms with E-state index in [2.05, 4.69) is 60.7 Å². The first-order valence-electron chi connectivity index (χ1n) is 13.4. The summed E-state index contributed by atoms with van der Waals surface area (Å²) in [5.74, 6) is 0. The molecule has 1 heterocycles. The maximum absolute atomic E-state index is 7.00. The summed E-state index contributed by atoms with van der Waals surface area (Å²) in [6, 6.07) is 51.5. The molecule has 0 unspecified atom stereocenters. The quantitative estimate of drug-likeness (QED) is 0.275. The summed E-state index contributed by atoms with van der Waals surface area (Å²) in [5.41, 5.74) is 0. The average Bonchev–Trinajstić information content (AvgIpc) is 3.04. The molecule has 0 atom stereocenters. The van der Waals surface area contributed by atoms with E-state index in [0.717, 1.165) is 25.9 Å². The topological polar surface area (TPSA) is 46.2 Å². The van der Waals surface area contributed by atoms with Crippen LogP contribution in [0.3, 0.4) is 0 Å². The van der Waals surface area contributed by atoms with E-state index in [0.29, 0.717) is 0 Å². The van der Waals surface area contributed by atoms with Crippen LogP contribution >= 0.6 is 0 Å². The highest BCUT2D eigenvalue weighted by molar-refractivity contribution is 6.87. The molecule has 5 nitrogen and oxygen atoms in total. The molecule has 1 saturated heterocycles. The van der Waals surface area contributed by atoms with Gasteiger partial charge < -0.3 is 20.6 Å². The van der Waals surface area contributed by atoms with Gasteiger partial charge in [0.2, 0.25) is 0 Å². The molecule has 1 fully saturated rings. The standard InChI is InChI=1S/C30H30O5Si5/c1-6-16-26(17-7-1)36-31-37(27-18-8-2-9-19-27)33-39(29-22-12-4-13-23-29)35-40(30-24-14-5-15-25-30)34-38(32-36)28-20-10-3-11-21-28/h1-25,36-40H. The van der Waals surface area contributed by atoms with E-state index in [-0.39, 0.29) is 0 Å². The second-order valence-corrected chi connectivity index (χ2v) is 21.5. The Morgan fingerprint density at radius 3 is 0.525 bits per heavy atom. The van der Waals surface area contributed by atoms with E-state index in [1.165, 1.54) is 0 Å². The lowest BCUT2D eigenvalue weighted by Crippen LogP contribution is -2.61. The van der Waals surface area contributed by atoms with Crippen LogP contribution in [0.1, 0.15) is 0 Å². The first-order chi connectivity index (χ1) is 19.8. The molecule has 6 rings (SSSR count). The fraction of sp³-hybridized carbons (Fsp3) is 0. The van der Waals surface area contributed by atoms with Crippen molar-refractivity contribution in [3.8, 4) is 0 Å². The van der Waals surface area contributed by atoms with Crippen molar-refractivity contribution in [2.75, 3.05) is 0 Å². The lowest BCUT2D eigenvalue weighted by molar-refractivity contribution is 0.309. The molecule has 1 aliphatic heterocycles. The molecule has 0 bridgehead atoms. The van der Waals surface area contributed by atoms with Crippen LogP contribution in [0.25, 0.3) is 0 Å². The fourth-order valence-corrected chi connectivity index (χ4v) is 22.2. The van der Waals surface area contributed by atoms with E-state index in [1.54, 1.807) is 0 Å². The fourth-order valence-electron chi connectivity index (χ4n) is 4.56. The summed E-state index contributed by atoms with van der Waals surface area (Å²) in [4.78, 5) is 0. The highest BCUT2D eigenvalue weighted by Crippen LogP contribution is 2.11. The average molecular weight is 611 g/mol. The minimum absolute atomic E-state index is 1.08. The first kappa shape index (κ1) is 27.2. The van der Waals surface area contributed by atoms with Crippen molar-refractivity contribution in [1.82, 2.24) is 0 Å². The molecule has 1 aliphatic rings. The van der Waals surface area contributed by atoms with Crippen molar-refractivity contribution in [3.05, 3.63) is 152 Å². The second kappa shape index (κ2) is 13.6. The van der Waals surface area contributed by atoms with Crippen LogP contribution in [0.4, 0.5) is 0 Å². The third-order valence-electron chi connectivity index (χ3n) is 6.59. The predicted molar refractivity (Wildman–Crippen MR) is 172 cm³/mol. The Balaban J connectivity index is 1.48. The Labute approximate surface area is 243 Å². The van der Waals surface area contributed by atoms with Crippen LogP contribution in [0.15, 0.2) is 152 Å². The van der Waals surface area contributed by atoms with Gasteiger partial charge in [0.1, 0.15) is 0 Å². The zero-order valence-electron chi connectivity index (χ0n) is 21.9. The molecule has 0 aliphatic carbocycles. The highest BCUT2D eigenvalue weighted by Gasteiger charge is 2.38. The van der Waals surface area contributed by atoms with Gasteiger partial charge in [-0.05, 0) is 25.9 Å². The zero-order valence-corrected chi connectivity index (χ0v) is 27.6. The Bertz CT molecular complexity index is 1180. The van der Waals surface area contributed by atoms with Crippen molar-refractivity contribution in [1.29, 1.82) is 0 Å². The summed E-state index contributed by atoms with van der Waals surface area (Å²) in [6.07, 6.45) is 0. The third kappa shape index (κ3) is 6.82. The summed E-state index contributed by atoms with van der Waals surface area (Å²) in [6.45, 7) is 0. The summed E-state index contributed by atoms with van der Waals surface area (Å²) in [5, 5.41) is 5.39. The third-order valence-corrected chi connectivity index (χ3v) is 21.1. The van der Waals surface area contributed by atoms with Crippen molar-refractivity contribution in [2.24, 2.45) is 0 Å². The Morgan fingerprint density at radius 2 is 0.375 bits per heavy atom. The van der Waals surface area contributed by atoms with Crippen LogP contribution in [-0.4, -0.2) is 46.4 Å². The smallest absolute Gasteiger partial charge is 0.338 e. The van der Waals surface area contributed by atoms with Gasteiger partial charge in [-0.1, -0.05) is 152 Å². The molecule has 5 aromatic rings. The monoisotopic (exact) mass is 610 g/mol. The van der Waals surface area contributed by atoms with Gasteiger partial charge in [0.05, 0.1) is 0 Å². The van der Waals surface area contributed by atoms with Gasteiger partial charge in [-0.15, -0.1) is 0 Å². The zero-order chi connectivity index (χ0) is 27.0. The lowest BCUT2D eigenvalue weighted by Gasteiger charge is -2.34. The van der Waals surface area contributed by atoms with Crippen molar-refractivity contribution in [2.45, 2.75) is 0 Å². The number of benzene rings is 5. The molecule has 40 heavy (non-hydrogen) atoms. The molecule has 0 amide bonds. The second-order valence-electron chi connectivity index (χ2n) is 9.39. The van der Waals surface area contributed by atoms with Crippen molar-refractivity contribution in [3.63, 3.8) is 0 Å². The number of hydrogen-bond donors (Lipinski definition) is 0. The van der Waals surface area contributed by atoms with Gasteiger partial charge in [0.15, 0.2) is 0 Å². The lowest BCUT2D eigenvalue weighted by atomic mass is 10.4. The minimum Gasteiger partial charge on any atom is -0.413 e. The maximum atomic E-state index is 7.00. The molecule has 5 aromatic carbocycles. The van der Waals surface area contributed by atoms with Gasteiger partial charge in [-0.25, -0.2) is 0 Å². The van der Waals surface area contributed by atoms with E-state index < -0.39 is 46.4 Å². The van der Waals surface area contributed by atoms with E-state index in [4.69, 9.17) is 20.6 Å². The molecular weight excluding hydrogens is 581 g/mol. The van der Waals surface area contributed by atoms with E-state index in [9.17, 15) is 0 Å². The molecular formula is C30H30O5Si5. The highest BCUT2D eigenvalue weighted by atomic mass is 28.5. The Kier molecular flexibility index (Phi) is 9.21. The van der Waals surface area contributed by atoms with Gasteiger partial charge in [-0.2, -0.15) is 0 Å². The van der Waals surface area contributed by atoms with Gasteiger partial charge >= 0.3 is 46.4 Å². The number of rotatable bonds is 5. The van der Waals surface area contributed by atoms with Gasteiger partial charge in [-0.3, -0.25) is 0 Å². The number of hydrogen-bond acceptors (Lipinski definition) is 5. The largest absolute Gasteiger partial charge is 0.413 e. The Morgan fingerprint density at radius 1 is 0.225 bits per heavy atom. The molecule has 0 saturated carbocycles. The van der Waals surface area contributed by atoms with Crippen molar-refractivity contribution < 1.29 is 20.6 Å². The van der Waals surface area contributed by atoms with Crippen LogP contribution in [0.2, 0.25) is 0 Å². The molecule has 0 radical (unpaired) electrons. The molecule has 10 heteroatoms. The Hall–Kier alpha value is -3.02. The van der Waals surface area contributed by atoms with Crippen LogP contribution in [-0.2, 0) is 20.6 Å². The molecule has 200 valence electrons. The molecule has 0 spiro atoms. The SMILES string of the molecule is c1ccc([SiH]2O[SiH](c3ccccc3)O[SiH](c3ccccc3)O[SiH](c3ccccc3)O[SiH](c3ccccc3)O2)cc1. The molecule has 0 N–H and O–H groups in total. The molecule has 0 aromatic heterocycles. The van der Waals surface area contributed by atoms with Crippen molar-refractivity contribution >= 4 is 72.4 Å².